The predicted molar refractivity (Wildman–Crippen MR) is 29.1 cm³/mol. The average molecular weight is 102 g/mol. The summed E-state index contributed by atoms with van der Waals surface area (Å²) in [5, 5.41) is 8.73. The summed E-state index contributed by atoms with van der Waals surface area (Å²) in [5.41, 5.74) is 5.26. The number of nitrogens with two attached hydrogens (primary N) is 1. The van der Waals surface area contributed by atoms with Crippen LogP contribution in [0, 0.1) is 6.10 Å². The molecule has 43 valence electrons. The van der Waals surface area contributed by atoms with Crippen LogP contribution in [-0.2, 0) is 0 Å². The van der Waals surface area contributed by atoms with Gasteiger partial charge in [0.25, 0.3) is 0 Å². The number of rotatable bonds is 2. The van der Waals surface area contributed by atoms with Crippen LogP contribution in [0.5, 0.6) is 0 Å². The smallest absolute Gasteiger partial charge is 0.109 e. The molecule has 1 radical (unpaired) electrons. The number of aliphatic hydroxyl groups excluding tert-OH is 1. The summed E-state index contributed by atoms with van der Waals surface area (Å²) in [6, 6.07) is -0.162. The third-order valence-corrected chi connectivity index (χ3v) is 0.888. The molecular formula is C5H12NO. The predicted octanol–water partition coefficient (Wildman–Crippen LogP) is 0.648. The number of hydrogen-bond donors (Lipinski definition) is 2. The van der Waals surface area contributed by atoms with Gasteiger partial charge in [-0.25, -0.2) is 0 Å². The fraction of sp³-hybridized carbons (Fsp3) is 0.800. The lowest BCUT2D eigenvalue weighted by molar-refractivity contribution is 0.260. The highest BCUT2D eigenvalue weighted by molar-refractivity contribution is 4.82. The van der Waals surface area contributed by atoms with Crippen LogP contribution in [0.15, 0.2) is 0 Å². The maximum atomic E-state index is 8.73. The van der Waals surface area contributed by atoms with Crippen LogP contribution < -0.4 is 5.73 Å². The second-order valence-electron chi connectivity index (χ2n) is 1.63. The second-order valence-corrected chi connectivity index (χ2v) is 1.63. The molecule has 0 aliphatic carbocycles. The van der Waals surface area contributed by atoms with E-state index in [4.69, 9.17) is 10.8 Å². The van der Waals surface area contributed by atoms with Gasteiger partial charge in [0.2, 0.25) is 0 Å². The molecule has 1 atom stereocenters. The van der Waals surface area contributed by atoms with Crippen molar-refractivity contribution in [1.82, 2.24) is 0 Å². The topological polar surface area (TPSA) is 46.2 Å². The van der Waals surface area contributed by atoms with Crippen molar-refractivity contribution in [1.29, 1.82) is 0 Å². The molecule has 2 heteroatoms. The Bertz CT molecular complexity index is 45.3. The summed E-state index contributed by atoms with van der Waals surface area (Å²) in [6.45, 7) is 3.64. The fourth-order valence-electron chi connectivity index (χ4n) is 0.322. The van der Waals surface area contributed by atoms with Gasteiger partial charge in [-0.1, -0.05) is 6.92 Å². The molecule has 1 unspecified atom stereocenters. The fourth-order valence-corrected chi connectivity index (χ4v) is 0.322. The number of hydrogen-bond acceptors (Lipinski definition) is 2. The molecule has 0 aromatic heterocycles. The van der Waals surface area contributed by atoms with Crippen LogP contribution in [0.25, 0.3) is 0 Å². The summed E-state index contributed by atoms with van der Waals surface area (Å²) in [4.78, 5) is 0. The Labute approximate surface area is 44.3 Å². The van der Waals surface area contributed by atoms with E-state index < -0.39 is 0 Å². The molecular weight excluding hydrogens is 90.1 g/mol. The lowest BCUT2D eigenvalue weighted by Crippen LogP contribution is -2.23. The number of aliphatic hydroxyl groups is 1. The summed E-state index contributed by atoms with van der Waals surface area (Å²) >= 11 is 0. The van der Waals surface area contributed by atoms with Gasteiger partial charge in [0.1, 0.15) is 6.10 Å². The van der Waals surface area contributed by atoms with Gasteiger partial charge < -0.3 is 10.8 Å². The minimum atomic E-state index is -0.162. The first-order valence-corrected chi connectivity index (χ1v) is 2.48. The first-order valence-electron chi connectivity index (χ1n) is 2.48. The minimum Gasteiger partial charge on any atom is -0.385 e. The highest BCUT2D eigenvalue weighted by Crippen LogP contribution is 2.01. The summed E-state index contributed by atoms with van der Waals surface area (Å²) < 4.78 is 0. The average Bonchev–Trinajstić information content (AvgIpc) is 1.65. The zero-order valence-electron chi connectivity index (χ0n) is 4.81. The Morgan fingerprint density at radius 1 is 1.86 bits per heavy atom. The molecule has 0 spiro atoms. The third-order valence-electron chi connectivity index (χ3n) is 0.888. The van der Waals surface area contributed by atoms with Crippen LogP contribution in [0.3, 0.4) is 0 Å². The quantitative estimate of drug-likeness (QED) is 0.537. The monoisotopic (exact) mass is 102 g/mol. The lowest BCUT2D eigenvalue weighted by atomic mass is 10.1. The summed E-state index contributed by atoms with van der Waals surface area (Å²) in [5.74, 6) is 0. The van der Waals surface area contributed by atoms with Crippen molar-refractivity contribution in [3.05, 3.63) is 6.10 Å². The van der Waals surface area contributed by atoms with Gasteiger partial charge in [-0.2, -0.15) is 0 Å². The van der Waals surface area contributed by atoms with Crippen LogP contribution in [0.2, 0.25) is 0 Å². The molecule has 0 rings (SSSR count). The van der Waals surface area contributed by atoms with Gasteiger partial charge in [-0.05, 0) is 13.3 Å². The highest BCUT2D eigenvalue weighted by Gasteiger charge is 2.05. The molecule has 0 aliphatic rings. The van der Waals surface area contributed by atoms with Gasteiger partial charge in [-0.15, -0.1) is 0 Å². The Balaban J connectivity index is 3.14. The molecule has 0 amide bonds. The lowest BCUT2D eigenvalue weighted by Gasteiger charge is -2.08. The van der Waals surface area contributed by atoms with Crippen molar-refractivity contribution < 1.29 is 5.11 Å². The molecule has 0 aromatic rings. The van der Waals surface area contributed by atoms with E-state index in [-0.39, 0.29) is 6.04 Å². The normalized spacial score (nSPS) is 15.0. The highest BCUT2D eigenvalue weighted by atomic mass is 16.3. The maximum absolute atomic E-state index is 8.73. The van der Waals surface area contributed by atoms with Gasteiger partial charge in [0.15, 0.2) is 0 Å². The van der Waals surface area contributed by atoms with Crippen molar-refractivity contribution >= 4 is 0 Å². The molecule has 2 nitrogen and oxygen atoms in total. The Hall–Kier alpha value is -0.0800. The van der Waals surface area contributed by atoms with E-state index in [1.807, 2.05) is 6.92 Å². The largest absolute Gasteiger partial charge is 0.385 e. The first kappa shape index (κ1) is 6.92. The van der Waals surface area contributed by atoms with E-state index in [0.717, 1.165) is 0 Å². The molecule has 0 saturated heterocycles. The van der Waals surface area contributed by atoms with Crippen molar-refractivity contribution in [2.75, 3.05) is 0 Å². The van der Waals surface area contributed by atoms with Crippen molar-refractivity contribution in [2.24, 2.45) is 5.73 Å². The van der Waals surface area contributed by atoms with Gasteiger partial charge in [0, 0.05) is 6.04 Å². The molecule has 0 saturated carbocycles. The van der Waals surface area contributed by atoms with Crippen molar-refractivity contribution in [3.8, 4) is 0 Å². The van der Waals surface area contributed by atoms with Crippen molar-refractivity contribution in [2.45, 2.75) is 26.3 Å². The Morgan fingerprint density at radius 2 is 2.29 bits per heavy atom. The zero-order valence-corrected chi connectivity index (χ0v) is 4.81. The van der Waals surface area contributed by atoms with E-state index in [2.05, 4.69) is 0 Å². The standard InChI is InChI=1S/C5H12NO/c1-3-5(7)4(2)6/h4,7H,3,6H2,1-2H3. The molecule has 0 bridgehead atoms. The summed E-state index contributed by atoms with van der Waals surface area (Å²) in [7, 11) is 0. The molecule has 0 heterocycles. The second kappa shape index (κ2) is 2.99. The molecule has 0 aliphatic heterocycles. The molecule has 7 heavy (non-hydrogen) atoms. The maximum Gasteiger partial charge on any atom is 0.109 e. The van der Waals surface area contributed by atoms with E-state index >= 15 is 0 Å². The van der Waals surface area contributed by atoms with E-state index in [1.165, 1.54) is 0 Å². The SMILES string of the molecule is CC[C](O)C(C)N. The van der Waals surface area contributed by atoms with E-state index in [0.29, 0.717) is 12.5 Å². The van der Waals surface area contributed by atoms with Gasteiger partial charge in [0.05, 0.1) is 0 Å². The first-order chi connectivity index (χ1) is 3.18. The van der Waals surface area contributed by atoms with Crippen LogP contribution in [0.1, 0.15) is 20.3 Å². The summed E-state index contributed by atoms with van der Waals surface area (Å²) in [6.07, 6.45) is 1.04. The third kappa shape index (κ3) is 2.60. The van der Waals surface area contributed by atoms with Crippen LogP contribution in [-0.4, -0.2) is 11.1 Å². The molecule has 0 aromatic carbocycles. The van der Waals surface area contributed by atoms with Gasteiger partial charge in [-0.3, -0.25) is 0 Å². The molecule has 3 N–H and O–H groups in total. The Morgan fingerprint density at radius 3 is 2.29 bits per heavy atom. The van der Waals surface area contributed by atoms with Crippen LogP contribution in [0.4, 0.5) is 0 Å². The minimum absolute atomic E-state index is 0.162. The zero-order chi connectivity index (χ0) is 5.86. The van der Waals surface area contributed by atoms with Crippen LogP contribution >= 0.6 is 0 Å². The van der Waals surface area contributed by atoms with Crippen molar-refractivity contribution in [3.63, 3.8) is 0 Å². The molecule has 0 fully saturated rings. The Kier molecular flexibility index (Phi) is 2.96. The van der Waals surface area contributed by atoms with E-state index in [9.17, 15) is 0 Å². The van der Waals surface area contributed by atoms with Gasteiger partial charge >= 0.3 is 0 Å². The van der Waals surface area contributed by atoms with E-state index in [1.54, 1.807) is 6.92 Å².